The number of fused-ring (bicyclic) bond motifs is 1. The molecule has 1 aliphatic rings. The molecule has 3 rings (SSSR count). The molecule has 27 heavy (non-hydrogen) atoms. The zero-order valence-corrected chi connectivity index (χ0v) is 17.5. The van der Waals surface area contributed by atoms with Crippen molar-refractivity contribution in [2.24, 2.45) is 4.99 Å². The second kappa shape index (κ2) is 10.6. The highest BCUT2D eigenvalue weighted by atomic mass is 127. The molecule has 0 unspecified atom stereocenters. The number of nitrogens with one attached hydrogen (secondary N) is 2. The zero-order valence-electron chi connectivity index (χ0n) is 15.2. The van der Waals surface area contributed by atoms with Crippen molar-refractivity contribution in [2.45, 2.75) is 19.9 Å². The Hall–Kier alpha value is -2.47. The van der Waals surface area contributed by atoms with Gasteiger partial charge in [0.1, 0.15) is 0 Å². The monoisotopic (exact) mass is 478 g/mol. The van der Waals surface area contributed by atoms with Crippen molar-refractivity contribution >= 4 is 29.9 Å². The van der Waals surface area contributed by atoms with Gasteiger partial charge in [0.25, 0.3) is 0 Å². The summed E-state index contributed by atoms with van der Waals surface area (Å²) in [6.07, 6.45) is 0.852. The molecule has 0 aliphatic carbocycles. The first-order valence-corrected chi connectivity index (χ1v) is 8.68. The second-order valence-corrected chi connectivity index (χ2v) is 5.87. The lowest BCUT2D eigenvalue weighted by atomic mass is 10.1. The summed E-state index contributed by atoms with van der Waals surface area (Å²) in [7, 11) is 0. The van der Waals surface area contributed by atoms with Crippen LogP contribution < -0.4 is 20.1 Å². The van der Waals surface area contributed by atoms with Crippen LogP contribution >= 0.6 is 24.0 Å². The molecule has 0 saturated carbocycles. The molecule has 6 nitrogen and oxygen atoms in total. The van der Waals surface area contributed by atoms with E-state index in [9.17, 15) is 0 Å². The van der Waals surface area contributed by atoms with Crippen LogP contribution in [0.25, 0.3) is 0 Å². The van der Waals surface area contributed by atoms with Crippen LogP contribution in [-0.2, 0) is 13.0 Å². The van der Waals surface area contributed by atoms with Gasteiger partial charge in [-0.3, -0.25) is 0 Å². The van der Waals surface area contributed by atoms with Crippen molar-refractivity contribution in [3.05, 3.63) is 59.2 Å². The highest BCUT2D eigenvalue weighted by Crippen LogP contribution is 2.32. The van der Waals surface area contributed by atoms with Crippen molar-refractivity contribution in [2.75, 3.05) is 19.9 Å². The van der Waals surface area contributed by atoms with Crippen LogP contribution in [0.2, 0.25) is 0 Å². The van der Waals surface area contributed by atoms with E-state index in [2.05, 4.69) is 21.7 Å². The standard InChI is InChI=1S/C20H22N4O2.HI/c1-2-22-20(24-13-17-5-3-4-16(10-17)12-21)23-9-8-15-6-7-18-19(11-15)26-14-25-18;/h3-7,10-11H,2,8-9,13-14H2,1H3,(H2,22,23,24);1H. The summed E-state index contributed by atoms with van der Waals surface area (Å²) in [5.41, 5.74) is 2.84. The molecular weight excluding hydrogens is 455 g/mol. The topological polar surface area (TPSA) is 78.7 Å². The smallest absolute Gasteiger partial charge is 0.231 e. The van der Waals surface area contributed by atoms with Crippen LogP contribution in [0.5, 0.6) is 11.5 Å². The normalized spacial score (nSPS) is 12.1. The third kappa shape index (κ3) is 6.03. The highest BCUT2D eigenvalue weighted by Gasteiger charge is 2.12. The van der Waals surface area contributed by atoms with Crippen LogP contribution in [0.3, 0.4) is 0 Å². The first-order valence-electron chi connectivity index (χ1n) is 8.68. The van der Waals surface area contributed by atoms with Crippen LogP contribution in [0.15, 0.2) is 47.5 Å². The summed E-state index contributed by atoms with van der Waals surface area (Å²) in [5, 5.41) is 15.6. The number of nitriles is 1. The molecular formula is C20H23IN4O2. The molecule has 0 radical (unpaired) electrons. The van der Waals surface area contributed by atoms with Crippen molar-refractivity contribution in [3.63, 3.8) is 0 Å². The van der Waals surface area contributed by atoms with E-state index in [1.165, 1.54) is 5.56 Å². The minimum atomic E-state index is 0. The van der Waals surface area contributed by atoms with Gasteiger partial charge in [-0.05, 0) is 48.7 Å². The molecule has 2 aromatic rings. The van der Waals surface area contributed by atoms with Gasteiger partial charge >= 0.3 is 0 Å². The molecule has 142 valence electrons. The van der Waals surface area contributed by atoms with E-state index in [4.69, 9.17) is 14.7 Å². The third-order valence-electron chi connectivity index (χ3n) is 3.96. The quantitative estimate of drug-likeness (QED) is 0.379. The number of guanidine groups is 1. The average Bonchev–Trinajstić information content (AvgIpc) is 3.14. The highest BCUT2D eigenvalue weighted by molar-refractivity contribution is 14.0. The Morgan fingerprint density at radius 1 is 1.11 bits per heavy atom. The van der Waals surface area contributed by atoms with Gasteiger partial charge in [-0.2, -0.15) is 5.26 Å². The number of ether oxygens (including phenoxy) is 2. The summed E-state index contributed by atoms with van der Waals surface area (Å²) in [6.45, 7) is 4.39. The number of nitrogens with zero attached hydrogens (tertiary/aromatic N) is 2. The molecule has 0 aromatic heterocycles. The molecule has 0 amide bonds. The van der Waals surface area contributed by atoms with Crippen molar-refractivity contribution < 1.29 is 9.47 Å². The first kappa shape index (κ1) is 20.8. The predicted molar refractivity (Wildman–Crippen MR) is 116 cm³/mol. The van der Waals surface area contributed by atoms with Gasteiger partial charge in [0.2, 0.25) is 6.79 Å². The average molecular weight is 478 g/mol. The molecule has 0 bridgehead atoms. The van der Waals surface area contributed by atoms with Gasteiger partial charge in [0, 0.05) is 13.1 Å². The number of rotatable bonds is 6. The zero-order chi connectivity index (χ0) is 18.2. The Labute approximate surface area is 176 Å². The fourth-order valence-electron chi connectivity index (χ4n) is 2.67. The predicted octanol–water partition coefficient (Wildman–Crippen LogP) is 3.20. The summed E-state index contributed by atoms with van der Waals surface area (Å²) in [6, 6.07) is 15.7. The molecule has 2 N–H and O–H groups in total. The van der Waals surface area contributed by atoms with Gasteiger partial charge in [-0.15, -0.1) is 24.0 Å². The van der Waals surface area contributed by atoms with E-state index >= 15 is 0 Å². The van der Waals surface area contributed by atoms with Crippen LogP contribution in [0.4, 0.5) is 0 Å². The first-order chi connectivity index (χ1) is 12.8. The molecule has 2 aromatic carbocycles. The number of benzene rings is 2. The molecule has 7 heteroatoms. The lowest BCUT2D eigenvalue weighted by molar-refractivity contribution is 0.174. The van der Waals surface area contributed by atoms with Crippen molar-refractivity contribution in [1.29, 1.82) is 5.26 Å². The number of halogens is 1. The van der Waals surface area contributed by atoms with Crippen LogP contribution in [0, 0.1) is 11.3 Å². The Morgan fingerprint density at radius 3 is 2.78 bits per heavy atom. The summed E-state index contributed by atoms with van der Waals surface area (Å²) >= 11 is 0. The Bertz CT molecular complexity index is 833. The molecule has 1 heterocycles. The fraction of sp³-hybridized carbons (Fsp3) is 0.300. The maximum absolute atomic E-state index is 8.98. The molecule has 0 saturated heterocycles. The lowest BCUT2D eigenvalue weighted by Crippen LogP contribution is -2.38. The minimum Gasteiger partial charge on any atom is -0.454 e. The Kier molecular flexibility index (Phi) is 8.20. The van der Waals surface area contributed by atoms with Crippen LogP contribution in [-0.4, -0.2) is 25.8 Å². The second-order valence-electron chi connectivity index (χ2n) is 5.87. The largest absolute Gasteiger partial charge is 0.454 e. The summed E-state index contributed by atoms with van der Waals surface area (Å²) in [4.78, 5) is 4.59. The number of hydrogen-bond acceptors (Lipinski definition) is 4. The fourth-order valence-corrected chi connectivity index (χ4v) is 2.67. The van der Waals surface area contributed by atoms with E-state index in [1.807, 2.05) is 43.3 Å². The Morgan fingerprint density at radius 2 is 1.96 bits per heavy atom. The van der Waals surface area contributed by atoms with Gasteiger partial charge in [0.05, 0.1) is 18.2 Å². The van der Waals surface area contributed by atoms with Gasteiger partial charge in [-0.25, -0.2) is 4.99 Å². The maximum atomic E-state index is 8.98. The van der Waals surface area contributed by atoms with Crippen molar-refractivity contribution in [3.8, 4) is 17.6 Å². The Balaban J connectivity index is 0.00000261. The van der Waals surface area contributed by atoms with E-state index in [-0.39, 0.29) is 24.0 Å². The molecule has 0 spiro atoms. The third-order valence-corrected chi connectivity index (χ3v) is 3.96. The number of hydrogen-bond donors (Lipinski definition) is 2. The SMILES string of the molecule is CCNC(=NCc1cccc(C#N)c1)NCCc1ccc2c(c1)OCO2.I. The van der Waals surface area contributed by atoms with E-state index in [0.717, 1.165) is 42.5 Å². The molecule has 0 atom stereocenters. The van der Waals surface area contributed by atoms with E-state index in [0.29, 0.717) is 18.9 Å². The van der Waals surface area contributed by atoms with E-state index < -0.39 is 0 Å². The van der Waals surface area contributed by atoms with Crippen molar-refractivity contribution in [1.82, 2.24) is 10.6 Å². The summed E-state index contributed by atoms with van der Waals surface area (Å²) in [5.74, 6) is 2.37. The minimum absolute atomic E-state index is 0. The number of aliphatic imine (C=N–C) groups is 1. The molecule has 0 fully saturated rings. The maximum Gasteiger partial charge on any atom is 0.231 e. The lowest BCUT2D eigenvalue weighted by Gasteiger charge is -2.11. The van der Waals surface area contributed by atoms with Gasteiger partial charge in [0.15, 0.2) is 17.5 Å². The van der Waals surface area contributed by atoms with E-state index in [1.54, 1.807) is 6.07 Å². The van der Waals surface area contributed by atoms with Gasteiger partial charge < -0.3 is 20.1 Å². The van der Waals surface area contributed by atoms with Crippen LogP contribution in [0.1, 0.15) is 23.6 Å². The summed E-state index contributed by atoms with van der Waals surface area (Å²) < 4.78 is 10.7. The molecule has 1 aliphatic heterocycles. The van der Waals surface area contributed by atoms with Gasteiger partial charge in [-0.1, -0.05) is 18.2 Å².